The normalized spacial score (nSPS) is 24.9. The van der Waals surface area contributed by atoms with E-state index < -0.39 is 0 Å². The van der Waals surface area contributed by atoms with Crippen LogP contribution in [0.3, 0.4) is 0 Å². The van der Waals surface area contributed by atoms with Gasteiger partial charge in [0.2, 0.25) is 11.8 Å². The van der Waals surface area contributed by atoms with Crippen molar-refractivity contribution in [2.75, 3.05) is 36.0 Å². The van der Waals surface area contributed by atoms with E-state index in [1.807, 2.05) is 18.2 Å². The summed E-state index contributed by atoms with van der Waals surface area (Å²) in [5, 5.41) is 11.0. The fourth-order valence-electron chi connectivity index (χ4n) is 3.92. The highest BCUT2D eigenvalue weighted by Crippen LogP contribution is 2.33. The second-order valence-electron chi connectivity index (χ2n) is 7.30. The number of para-hydroxylation sites is 1. The summed E-state index contributed by atoms with van der Waals surface area (Å²) in [4.78, 5) is 20.9. The minimum atomic E-state index is -0.167. The van der Waals surface area contributed by atoms with Crippen LogP contribution in [0, 0.1) is 5.92 Å². The second-order valence-corrected chi connectivity index (χ2v) is 7.74. The zero-order chi connectivity index (χ0) is 19.8. The lowest BCUT2D eigenvalue weighted by molar-refractivity contribution is 0.455. The monoisotopic (exact) mass is 408 g/mol. The Hall–Kier alpha value is -3.06. The maximum atomic E-state index is 10.4. The molecule has 1 fully saturated rings. The van der Waals surface area contributed by atoms with Crippen LogP contribution in [0.15, 0.2) is 57.0 Å². The van der Waals surface area contributed by atoms with Gasteiger partial charge < -0.3 is 19.9 Å². The number of aliphatic imine (C=N–C) groups is 2. The van der Waals surface area contributed by atoms with Gasteiger partial charge in [-0.15, -0.1) is 0 Å². The van der Waals surface area contributed by atoms with Crippen molar-refractivity contribution in [1.29, 1.82) is 0 Å². The van der Waals surface area contributed by atoms with Crippen molar-refractivity contribution in [3.63, 3.8) is 0 Å². The Morgan fingerprint density at radius 1 is 1.03 bits per heavy atom. The number of benzene rings is 1. The number of aromatic amines is 1. The molecule has 0 amide bonds. The Kier molecular flexibility index (Phi) is 4.60. The second kappa shape index (κ2) is 7.40. The summed E-state index contributed by atoms with van der Waals surface area (Å²) < 4.78 is 0. The van der Waals surface area contributed by atoms with E-state index >= 15 is 0 Å². The molecule has 1 saturated heterocycles. The predicted molar refractivity (Wildman–Crippen MR) is 117 cm³/mol. The van der Waals surface area contributed by atoms with Gasteiger partial charge >= 0.3 is 0 Å². The zero-order valence-corrected chi connectivity index (χ0v) is 16.5. The molecule has 2 aromatic rings. The Labute approximate surface area is 173 Å². The number of aromatic nitrogens is 2. The van der Waals surface area contributed by atoms with Gasteiger partial charge in [0.15, 0.2) is 0 Å². The molecule has 3 aliphatic rings. The molecule has 8 heteroatoms. The molecule has 0 bridgehead atoms. The van der Waals surface area contributed by atoms with E-state index in [9.17, 15) is 5.11 Å². The number of piperazine rings is 1. The van der Waals surface area contributed by atoms with Crippen molar-refractivity contribution in [1.82, 2.24) is 9.97 Å². The number of allylic oxidation sites excluding steroid dienone is 1. The Bertz CT molecular complexity index is 1020. The molecule has 2 unspecified atom stereocenters. The van der Waals surface area contributed by atoms with E-state index in [0.29, 0.717) is 16.7 Å². The van der Waals surface area contributed by atoms with Crippen LogP contribution in [0.2, 0.25) is 0 Å². The van der Waals surface area contributed by atoms with Crippen LogP contribution in [0.5, 0.6) is 5.88 Å². The molecular formula is C21H21ClN6O. The minimum absolute atomic E-state index is 0.00642. The third-order valence-electron chi connectivity index (χ3n) is 5.48. The van der Waals surface area contributed by atoms with Crippen molar-refractivity contribution in [2.45, 2.75) is 6.17 Å². The number of aromatic hydroxyl groups is 1. The molecule has 0 saturated carbocycles. The molecule has 7 nitrogen and oxygen atoms in total. The van der Waals surface area contributed by atoms with Crippen LogP contribution < -0.4 is 9.80 Å². The maximum Gasteiger partial charge on any atom is 0.238 e. The van der Waals surface area contributed by atoms with Crippen LogP contribution in [0.25, 0.3) is 6.08 Å². The van der Waals surface area contributed by atoms with Gasteiger partial charge in [0.05, 0.1) is 5.03 Å². The van der Waals surface area contributed by atoms with Crippen molar-refractivity contribution in [3.05, 3.63) is 52.7 Å². The number of hydrogen-bond acceptors (Lipinski definition) is 6. The van der Waals surface area contributed by atoms with Crippen LogP contribution >= 0.6 is 11.6 Å². The van der Waals surface area contributed by atoms with Gasteiger partial charge in [0.1, 0.15) is 11.9 Å². The lowest BCUT2D eigenvalue weighted by atomic mass is 9.97. The van der Waals surface area contributed by atoms with Gasteiger partial charge in [-0.1, -0.05) is 35.9 Å². The number of nitrogens with one attached hydrogen (secondary N) is 1. The summed E-state index contributed by atoms with van der Waals surface area (Å²) in [5.41, 5.74) is 2.76. The van der Waals surface area contributed by atoms with Gasteiger partial charge in [-0.05, 0) is 23.8 Å². The number of imidazole rings is 1. The van der Waals surface area contributed by atoms with E-state index in [4.69, 9.17) is 11.6 Å². The first-order valence-electron chi connectivity index (χ1n) is 9.66. The smallest absolute Gasteiger partial charge is 0.238 e. The van der Waals surface area contributed by atoms with E-state index in [2.05, 4.69) is 54.0 Å². The fourth-order valence-corrected chi connectivity index (χ4v) is 4.11. The average Bonchev–Trinajstić information content (AvgIpc) is 3.32. The van der Waals surface area contributed by atoms with E-state index in [0.717, 1.165) is 31.8 Å². The molecule has 4 heterocycles. The van der Waals surface area contributed by atoms with Crippen LogP contribution in [0.4, 0.5) is 11.6 Å². The molecule has 2 atom stereocenters. The van der Waals surface area contributed by atoms with Crippen LogP contribution in [0.1, 0.15) is 5.69 Å². The van der Waals surface area contributed by atoms with Crippen molar-refractivity contribution in [3.8, 4) is 5.88 Å². The van der Waals surface area contributed by atoms with Gasteiger partial charge in [0, 0.05) is 50.2 Å². The molecule has 5 rings (SSSR count). The number of hydrogen-bond donors (Lipinski definition) is 2. The highest BCUT2D eigenvalue weighted by atomic mass is 35.5. The summed E-state index contributed by atoms with van der Waals surface area (Å²) >= 11 is 6.09. The Morgan fingerprint density at radius 3 is 2.55 bits per heavy atom. The molecule has 2 N–H and O–H groups in total. The van der Waals surface area contributed by atoms with E-state index in [-0.39, 0.29) is 18.0 Å². The number of nitrogens with zero attached hydrogens (tertiary/aromatic N) is 5. The summed E-state index contributed by atoms with van der Waals surface area (Å²) in [7, 11) is 0. The maximum absolute atomic E-state index is 10.4. The summed E-state index contributed by atoms with van der Waals surface area (Å²) in [6.07, 6.45) is 7.07. The number of anilines is 2. The van der Waals surface area contributed by atoms with Crippen molar-refractivity contribution in [2.24, 2.45) is 15.9 Å². The lowest BCUT2D eigenvalue weighted by Gasteiger charge is -2.35. The fraction of sp³-hybridized carbons (Fsp3) is 0.286. The van der Waals surface area contributed by atoms with E-state index in [1.54, 1.807) is 12.4 Å². The first kappa shape index (κ1) is 18.0. The SMILES string of the molecule is Oc1nc(N2CCN(c3ccccc3)CC2)[nH]c1C=C1C=NC2N=CC(Cl)=CC12. The Morgan fingerprint density at radius 2 is 1.76 bits per heavy atom. The number of fused-ring (bicyclic) bond motifs is 1. The largest absolute Gasteiger partial charge is 0.492 e. The van der Waals surface area contributed by atoms with Gasteiger partial charge in [0.25, 0.3) is 0 Å². The topological polar surface area (TPSA) is 80.1 Å². The lowest BCUT2D eigenvalue weighted by Crippen LogP contribution is -2.46. The number of dihydropyridines is 1. The molecule has 29 heavy (non-hydrogen) atoms. The third kappa shape index (κ3) is 3.53. The summed E-state index contributed by atoms with van der Waals surface area (Å²) in [6.45, 7) is 3.47. The van der Waals surface area contributed by atoms with Crippen LogP contribution in [-0.2, 0) is 0 Å². The van der Waals surface area contributed by atoms with Crippen molar-refractivity contribution >= 4 is 41.7 Å². The molecule has 1 aromatic carbocycles. The third-order valence-corrected chi connectivity index (χ3v) is 5.71. The highest BCUT2D eigenvalue weighted by Gasteiger charge is 2.29. The standard InChI is InChI=1S/C21H21ClN6O/c22-15-11-17-14(12-23-19(17)24-13-15)10-18-20(29)26-21(25-18)28-8-6-27(7-9-28)16-4-2-1-3-5-16/h1-5,10-13,17,19,29H,6-9H2,(H,25,26). The molecular weight excluding hydrogens is 388 g/mol. The number of rotatable bonds is 3. The molecule has 148 valence electrons. The molecule has 0 aliphatic carbocycles. The van der Waals surface area contributed by atoms with E-state index in [1.165, 1.54) is 5.69 Å². The zero-order valence-electron chi connectivity index (χ0n) is 15.7. The number of H-pyrrole nitrogens is 1. The van der Waals surface area contributed by atoms with Gasteiger partial charge in [-0.25, -0.2) is 0 Å². The number of halogens is 1. The molecule has 1 aromatic heterocycles. The van der Waals surface area contributed by atoms with Crippen LogP contribution in [-0.4, -0.2) is 59.8 Å². The van der Waals surface area contributed by atoms with Gasteiger partial charge in [-0.2, -0.15) is 4.98 Å². The molecule has 0 spiro atoms. The van der Waals surface area contributed by atoms with Gasteiger partial charge in [-0.3, -0.25) is 9.98 Å². The minimum Gasteiger partial charge on any atom is -0.492 e. The first-order chi connectivity index (χ1) is 14.2. The average molecular weight is 409 g/mol. The summed E-state index contributed by atoms with van der Waals surface area (Å²) in [5.74, 6) is 0.668. The Balaban J connectivity index is 1.30. The first-order valence-corrected chi connectivity index (χ1v) is 10.0. The quantitative estimate of drug-likeness (QED) is 0.818. The molecule has 3 aliphatic heterocycles. The highest BCUT2D eigenvalue weighted by molar-refractivity contribution is 6.39. The van der Waals surface area contributed by atoms with Crippen molar-refractivity contribution < 1.29 is 5.11 Å². The summed E-state index contributed by atoms with van der Waals surface area (Å²) in [6, 6.07) is 10.4. The predicted octanol–water partition coefficient (Wildman–Crippen LogP) is 3.06. The molecule has 0 radical (unpaired) electrons.